The SMILES string of the molecule is CN(C(=O)c1cc2cc(N)ccc2[nH]1)C1CCCCC1. The summed E-state index contributed by atoms with van der Waals surface area (Å²) in [5, 5.41) is 0.991. The molecule has 1 fully saturated rings. The number of carbonyl (C=O) groups is 1. The van der Waals surface area contributed by atoms with Gasteiger partial charge >= 0.3 is 0 Å². The molecule has 0 saturated heterocycles. The van der Waals surface area contributed by atoms with Crippen molar-refractivity contribution in [2.75, 3.05) is 12.8 Å². The maximum atomic E-state index is 12.6. The summed E-state index contributed by atoms with van der Waals surface area (Å²) in [6, 6.07) is 7.93. The van der Waals surface area contributed by atoms with Crippen LogP contribution < -0.4 is 5.73 Å². The zero-order chi connectivity index (χ0) is 14.1. The molecule has 1 aromatic heterocycles. The maximum absolute atomic E-state index is 12.6. The van der Waals surface area contributed by atoms with Crippen LogP contribution in [0.2, 0.25) is 0 Å². The summed E-state index contributed by atoms with van der Waals surface area (Å²) >= 11 is 0. The standard InChI is InChI=1S/C16H21N3O/c1-19(13-5-3-2-4-6-13)16(20)15-10-11-9-12(17)7-8-14(11)18-15/h7-10,13,18H,2-6,17H2,1H3. The average molecular weight is 271 g/mol. The number of H-pyrrole nitrogens is 1. The molecule has 1 aliphatic rings. The molecule has 0 unspecified atom stereocenters. The van der Waals surface area contributed by atoms with Gasteiger partial charge in [-0.05, 0) is 37.1 Å². The maximum Gasteiger partial charge on any atom is 0.270 e. The fraction of sp³-hybridized carbons (Fsp3) is 0.438. The number of fused-ring (bicyclic) bond motifs is 1. The van der Waals surface area contributed by atoms with Crippen molar-refractivity contribution in [2.24, 2.45) is 0 Å². The number of hydrogen-bond acceptors (Lipinski definition) is 2. The number of nitrogens with zero attached hydrogens (tertiary/aromatic N) is 1. The van der Waals surface area contributed by atoms with Gasteiger partial charge in [-0.25, -0.2) is 0 Å². The second kappa shape index (κ2) is 5.19. The molecule has 0 aliphatic heterocycles. The van der Waals surface area contributed by atoms with Crippen LogP contribution in [0.25, 0.3) is 10.9 Å². The number of carbonyl (C=O) groups excluding carboxylic acids is 1. The number of nitrogens with two attached hydrogens (primary N) is 1. The van der Waals surface area contributed by atoms with Gasteiger partial charge in [0.05, 0.1) is 0 Å². The Morgan fingerprint density at radius 1 is 1.25 bits per heavy atom. The van der Waals surface area contributed by atoms with Crippen LogP contribution in [0.3, 0.4) is 0 Å². The highest BCUT2D eigenvalue weighted by atomic mass is 16.2. The van der Waals surface area contributed by atoms with E-state index in [1.54, 1.807) is 0 Å². The number of aromatic nitrogens is 1. The Labute approximate surface area is 118 Å². The molecule has 4 heteroatoms. The Hall–Kier alpha value is -1.97. The first-order valence-electron chi connectivity index (χ1n) is 7.30. The molecule has 1 aliphatic carbocycles. The molecular weight excluding hydrogens is 250 g/mol. The minimum absolute atomic E-state index is 0.0756. The van der Waals surface area contributed by atoms with Crippen LogP contribution in [-0.2, 0) is 0 Å². The Balaban J connectivity index is 1.84. The van der Waals surface area contributed by atoms with Crippen molar-refractivity contribution < 1.29 is 4.79 Å². The predicted molar refractivity (Wildman–Crippen MR) is 81.7 cm³/mol. The molecular formula is C16H21N3O. The van der Waals surface area contributed by atoms with E-state index in [2.05, 4.69) is 4.98 Å². The van der Waals surface area contributed by atoms with Gasteiger partial charge in [0, 0.05) is 29.7 Å². The van der Waals surface area contributed by atoms with Crippen molar-refractivity contribution in [3.63, 3.8) is 0 Å². The summed E-state index contributed by atoms with van der Waals surface area (Å²) in [5.41, 5.74) is 8.10. The molecule has 0 radical (unpaired) electrons. The second-order valence-electron chi connectivity index (χ2n) is 5.74. The topological polar surface area (TPSA) is 62.1 Å². The predicted octanol–water partition coefficient (Wildman–Crippen LogP) is 3.15. The number of aromatic amines is 1. The summed E-state index contributed by atoms with van der Waals surface area (Å²) in [4.78, 5) is 17.7. The minimum Gasteiger partial charge on any atom is -0.399 e. The number of rotatable bonds is 2. The molecule has 1 heterocycles. The van der Waals surface area contributed by atoms with Crippen molar-refractivity contribution >= 4 is 22.5 Å². The van der Waals surface area contributed by atoms with Crippen molar-refractivity contribution in [1.29, 1.82) is 0 Å². The van der Waals surface area contributed by atoms with E-state index in [0.717, 1.165) is 29.4 Å². The summed E-state index contributed by atoms with van der Waals surface area (Å²) in [6.07, 6.45) is 5.99. The van der Waals surface area contributed by atoms with E-state index in [4.69, 9.17) is 5.73 Å². The first-order chi connectivity index (χ1) is 9.65. The minimum atomic E-state index is 0.0756. The number of amides is 1. The van der Waals surface area contributed by atoms with Gasteiger partial charge in [0.25, 0.3) is 5.91 Å². The molecule has 1 saturated carbocycles. The summed E-state index contributed by atoms with van der Waals surface area (Å²) in [5.74, 6) is 0.0756. The molecule has 0 spiro atoms. The highest BCUT2D eigenvalue weighted by Gasteiger charge is 2.23. The van der Waals surface area contributed by atoms with Gasteiger partial charge in [-0.2, -0.15) is 0 Å². The Morgan fingerprint density at radius 3 is 2.75 bits per heavy atom. The number of nitrogens with one attached hydrogen (secondary N) is 1. The van der Waals surface area contributed by atoms with Crippen molar-refractivity contribution in [2.45, 2.75) is 38.1 Å². The molecule has 3 rings (SSSR count). The van der Waals surface area contributed by atoms with Crippen LogP contribution >= 0.6 is 0 Å². The quantitative estimate of drug-likeness (QED) is 0.824. The molecule has 1 aromatic carbocycles. The van der Waals surface area contributed by atoms with Gasteiger partial charge in [0.15, 0.2) is 0 Å². The van der Waals surface area contributed by atoms with E-state index in [-0.39, 0.29) is 5.91 Å². The largest absolute Gasteiger partial charge is 0.399 e. The zero-order valence-corrected chi connectivity index (χ0v) is 11.9. The third-order valence-electron chi connectivity index (χ3n) is 4.32. The van der Waals surface area contributed by atoms with Gasteiger partial charge in [0.2, 0.25) is 0 Å². The van der Waals surface area contributed by atoms with Gasteiger partial charge in [-0.3, -0.25) is 4.79 Å². The van der Waals surface area contributed by atoms with E-state index < -0.39 is 0 Å². The van der Waals surface area contributed by atoms with E-state index >= 15 is 0 Å². The summed E-state index contributed by atoms with van der Waals surface area (Å²) < 4.78 is 0. The lowest BCUT2D eigenvalue weighted by molar-refractivity contribution is 0.0691. The summed E-state index contributed by atoms with van der Waals surface area (Å²) in [6.45, 7) is 0. The lowest BCUT2D eigenvalue weighted by Gasteiger charge is -2.30. The molecule has 0 bridgehead atoms. The number of benzene rings is 1. The molecule has 4 nitrogen and oxygen atoms in total. The molecule has 3 N–H and O–H groups in total. The van der Waals surface area contributed by atoms with Gasteiger partial charge < -0.3 is 15.6 Å². The van der Waals surface area contributed by atoms with E-state index in [9.17, 15) is 4.79 Å². The van der Waals surface area contributed by atoms with Gasteiger partial charge in [0.1, 0.15) is 5.69 Å². The van der Waals surface area contributed by atoms with E-state index in [0.29, 0.717) is 11.7 Å². The van der Waals surface area contributed by atoms with Crippen LogP contribution in [0.1, 0.15) is 42.6 Å². The Morgan fingerprint density at radius 2 is 2.00 bits per heavy atom. The zero-order valence-electron chi connectivity index (χ0n) is 11.9. The highest BCUT2D eigenvalue weighted by Crippen LogP contribution is 2.24. The molecule has 0 atom stereocenters. The molecule has 106 valence electrons. The second-order valence-corrected chi connectivity index (χ2v) is 5.74. The fourth-order valence-corrected chi connectivity index (χ4v) is 3.09. The van der Waals surface area contributed by atoms with Crippen molar-refractivity contribution in [1.82, 2.24) is 9.88 Å². The van der Waals surface area contributed by atoms with Crippen molar-refractivity contribution in [3.05, 3.63) is 30.0 Å². The molecule has 2 aromatic rings. The van der Waals surface area contributed by atoms with E-state index in [1.165, 1.54) is 19.3 Å². The Bertz CT molecular complexity index is 626. The third-order valence-corrected chi connectivity index (χ3v) is 4.32. The van der Waals surface area contributed by atoms with Crippen LogP contribution in [0.5, 0.6) is 0 Å². The molecule has 20 heavy (non-hydrogen) atoms. The first kappa shape index (κ1) is 13.0. The number of nitrogen functional groups attached to an aromatic ring is 1. The number of hydrogen-bond donors (Lipinski definition) is 2. The third kappa shape index (κ3) is 2.38. The van der Waals surface area contributed by atoms with Crippen LogP contribution in [0, 0.1) is 0 Å². The lowest BCUT2D eigenvalue weighted by Crippen LogP contribution is -2.38. The van der Waals surface area contributed by atoms with Crippen LogP contribution in [0.15, 0.2) is 24.3 Å². The van der Waals surface area contributed by atoms with Crippen molar-refractivity contribution in [3.8, 4) is 0 Å². The van der Waals surface area contributed by atoms with Gasteiger partial charge in [-0.1, -0.05) is 19.3 Å². The number of anilines is 1. The smallest absolute Gasteiger partial charge is 0.270 e. The van der Waals surface area contributed by atoms with Crippen LogP contribution in [-0.4, -0.2) is 28.9 Å². The molecule has 1 amide bonds. The first-order valence-corrected chi connectivity index (χ1v) is 7.30. The lowest BCUT2D eigenvalue weighted by atomic mass is 9.94. The van der Waals surface area contributed by atoms with Crippen LogP contribution in [0.4, 0.5) is 5.69 Å². The average Bonchev–Trinajstić information content (AvgIpc) is 2.89. The fourth-order valence-electron chi connectivity index (χ4n) is 3.09. The van der Waals surface area contributed by atoms with E-state index in [1.807, 2.05) is 36.2 Å². The monoisotopic (exact) mass is 271 g/mol. The Kier molecular flexibility index (Phi) is 3.38. The summed E-state index contributed by atoms with van der Waals surface area (Å²) in [7, 11) is 1.91. The normalized spacial score (nSPS) is 16.4. The van der Waals surface area contributed by atoms with Gasteiger partial charge in [-0.15, -0.1) is 0 Å². The highest BCUT2D eigenvalue weighted by molar-refractivity contribution is 5.98.